The van der Waals surface area contributed by atoms with Crippen LogP contribution in [0.25, 0.3) is 6.08 Å². The summed E-state index contributed by atoms with van der Waals surface area (Å²) in [5.74, 6) is -0.313. The molecule has 22 heavy (non-hydrogen) atoms. The molecule has 1 saturated heterocycles. The quantitative estimate of drug-likeness (QED) is 0.661. The van der Waals surface area contributed by atoms with E-state index < -0.39 is 9.96 Å². The summed E-state index contributed by atoms with van der Waals surface area (Å²) in [5.41, 5.74) is 0.925. The first-order valence-electron chi connectivity index (χ1n) is 6.89. The van der Waals surface area contributed by atoms with Crippen LogP contribution in [0.3, 0.4) is 0 Å². The Bertz CT molecular complexity index is 511. The van der Waals surface area contributed by atoms with Crippen LogP contribution in [0.2, 0.25) is 0 Å². The molecule has 1 aliphatic rings. The van der Waals surface area contributed by atoms with Gasteiger partial charge in [0, 0.05) is 19.2 Å². The number of hydrogen-bond donors (Lipinski definition) is 1. The van der Waals surface area contributed by atoms with Crippen molar-refractivity contribution in [3.8, 4) is 0 Å². The zero-order valence-corrected chi connectivity index (χ0v) is 14.1. The topological polar surface area (TPSA) is 41.6 Å². The van der Waals surface area contributed by atoms with Gasteiger partial charge in [-0.3, -0.25) is 9.69 Å². The lowest BCUT2D eigenvalue weighted by molar-refractivity contribution is -0.119. The third-order valence-corrected chi connectivity index (χ3v) is 3.85. The number of nitrogens with zero attached hydrogens (tertiary/aromatic N) is 1. The van der Waals surface area contributed by atoms with Crippen LogP contribution in [0.1, 0.15) is 5.56 Å². The van der Waals surface area contributed by atoms with Crippen molar-refractivity contribution in [3.05, 3.63) is 42.0 Å². The third-order valence-electron chi connectivity index (χ3n) is 3.23. The number of carbonyl (C=O) groups is 1. The monoisotopic (exact) mass is 362 g/mol. The largest absolute Gasteiger partial charge is 0.379 e. The Morgan fingerprint density at radius 1 is 1.23 bits per heavy atom. The molecular formula is C15H17Cl3N2O2. The molecule has 1 amide bonds. The number of amides is 1. The number of carbonyl (C=O) groups excluding carboxylic acids is 1. The molecule has 120 valence electrons. The molecule has 0 aromatic heterocycles. The van der Waals surface area contributed by atoms with Crippen LogP contribution in [0.5, 0.6) is 0 Å². The second-order valence-corrected chi connectivity index (χ2v) is 7.21. The molecule has 2 rings (SSSR count). The molecule has 0 aliphatic carbocycles. The van der Waals surface area contributed by atoms with Crippen molar-refractivity contribution in [2.45, 2.75) is 9.96 Å². The molecule has 1 aromatic carbocycles. The fourth-order valence-corrected chi connectivity index (χ4v) is 2.71. The fourth-order valence-electron chi connectivity index (χ4n) is 2.13. The lowest BCUT2D eigenvalue weighted by atomic mass is 10.2. The highest BCUT2D eigenvalue weighted by molar-refractivity contribution is 6.68. The first-order chi connectivity index (χ1) is 10.5. The average molecular weight is 364 g/mol. The zero-order chi connectivity index (χ0) is 16.0. The van der Waals surface area contributed by atoms with Crippen LogP contribution in [0.4, 0.5) is 0 Å². The average Bonchev–Trinajstić information content (AvgIpc) is 2.51. The summed E-state index contributed by atoms with van der Waals surface area (Å²) in [6.45, 7) is 2.29. The summed E-state index contributed by atoms with van der Waals surface area (Å²) in [6.07, 6.45) is 2.44. The molecule has 1 N–H and O–H groups in total. The van der Waals surface area contributed by atoms with Gasteiger partial charge in [0.1, 0.15) is 6.17 Å². The molecule has 0 saturated carbocycles. The lowest BCUT2D eigenvalue weighted by Crippen LogP contribution is -2.58. The van der Waals surface area contributed by atoms with Crippen molar-refractivity contribution < 1.29 is 9.53 Å². The molecule has 0 bridgehead atoms. The van der Waals surface area contributed by atoms with E-state index in [1.54, 1.807) is 6.08 Å². The summed E-state index contributed by atoms with van der Waals surface area (Å²) in [7, 11) is 0. The molecule has 1 fully saturated rings. The van der Waals surface area contributed by atoms with Crippen LogP contribution in [-0.2, 0) is 9.53 Å². The number of nitrogens with one attached hydrogen (secondary N) is 1. The molecule has 7 heteroatoms. The number of benzene rings is 1. The van der Waals surface area contributed by atoms with E-state index in [1.807, 2.05) is 35.2 Å². The van der Waals surface area contributed by atoms with Gasteiger partial charge < -0.3 is 10.1 Å². The smallest absolute Gasteiger partial charge is 0.245 e. The number of halogens is 3. The van der Waals surface area contributed by atoms with E-state index in [2.05, 4.69) is 5.32 Å². The van der Waals surface area contributed by atoms with Gasteiger partial charge in [-0.15, -0.1) is 0 Å². The molecule has 1 heterocycles. The number of hydrogen-bond acceptors (Lipinski definition) is 3. The van der Waals surface area contributed by atoms with E-state index in [0.29, 0.717) is 26.3 Å². The van der Waals surface area contributed by atoms with E-state index in [-0.39, 0.29) is 5.91 Å². The van der Waals surface area contributed by atoms with Crippen LogP contribution >= 0.6 is 34.8 Å². The number of morpholine rings is 1. The third kappa shape index (κ3) is 5.45. The normalized spacial score (nSPS) is 18.3. The van der Waals surface area contributed by atoms with Crippen molar-refractivity contribution in [2.24, 2.45) is 0 Å². The molecule has 1 atom stereocenters. The van der Waals surface area contributed by atoms with E-state index in [1.165, 1.54) is 6.08 Å². The van der Waals surface area contributed by atoms with Crippen molar-refractivity contribution in [3.63, 3.8) is 0 Å². The lowest BCUT2D eigenvalue weighted by Gasteiger charge is -2.38. The minimum Gasteiger partial charge on any atom is -0.379 e. The van der Waals surface area contributed by atoms with Crippen molar-refractivity contribution in [1.82, 2.24) is 10.2 Å². The molecule has 0 spiro atoms. The van der Waals surface area contributed by atoms with Crippen LogP contribution in [-0.4, -0.2) is 47.1 Å². The summed E-state index contributed by atoms with van der Waals surface area (Å²) in [5, 5.41) is 2.75. The SMILES string of the molecule is O=C(/C=C/c1ccccc1)N[C@H](N1CCOCC1)C(Cl)(Cl)Cl. The summed E-state index contributed by atoms with van der Waals surface area (Å²) in [4.78, 5) is 14.0. The Balaban J connectivity index is 2.00. The predicted octanol–water partition coefficient (Wildman–Crippen LogP) is 2.84. The van der Waals surface area contributed by atoms with Crippen molar-refractivity contribution in [1.29, 1.82) is 0 Å². The molecule has 0 unspecified atom stereocenters. The first kappa shape index (κ1) is 17.6. The van der Waals surface area contributed by atoms with Crippen LogP contribution < -0.4 is 5.32 Å². The number of ether oxygens (including phenoxy) is 1. The maximum atomic E-state index is 12.1. The minimum absolute atomic E-state index is 0.313. The maximum Gasteiger partial charge on any atom is 0.245 e. The Hall–Kier alpha value is -0.780. The second kappa shape index (κ2) is 8.18. The molecule has 1 aliphatic heterocycles. The highest BCUT2D eigenvalue weighted by Crippen LogP contribution is 2.32. The molecular weight excluding hydrogens is 347 g/mol. The van der Waals surface area contributed by atoms with Gasteiger partial charge in [0.25, 0.3) is 0 Å². The Labute approximate surface area is 145 Å². The Morgan fingerprint density at radius 3 is 2.45 bits per heavy atom. The molecule has 1 aromatic rings. The highest BCUT2D eigenvalue weighted by atomic mass is 35.6. The Morgan fingerprint density at radius 2 is 1.86 bits per heavy atom. The van der Waals surface area contributed by atoms with Gasteiger partial charge in [0.05, 0.1) is 13.2 Å². The first-order valence-corrected chi connectivity index (χ1v) is 8.02. The van der Waals surface area contributed by atoms with Gasteiger partial charge in [0.2, 0.25) is 9.70 Å². The molecule has 0 radical (unpaired) electrons. The van der Waals surface area contributed by atoms with E-state index in [0.717, 1.165) is 5.56 Å². The highest BCUT2D eigenvalue weighted by Gasteiger charge is 2.38. The van der Waals surface area contributed by atoms with Gasteiger partial charge >= 0.3 is 0 Å². The maximum absolute atomic E-state index is 12.1. The summed E-state index contributed by atoms with van der Waals surface area (Å²) < 4.78 is 3.66. The van der Waals surface area contributed by atoms with E-state index >= 15 is 0 Å². The van der Waals surface area contributed by atoms with Gasteiger partial charge in [-0.25, -0.2) is 0 Å². The van der Waals surface area contributed by atoms with Gasteiger partial charge in [-0.1, -0.05) is 65.1 Å². The Kier molecular flexibility index (Phi) is 6.53. The summed E-state index contributed by atoms with van der Waals surface area (Å²) >= 11 is 18.0. The number of rotatable bonds is 4. The summed E-state index contributed by atoms with van der Waals surface area (Å²) in [6, 6.07) is 9.51. The van der Waals surface area contributed by atoms with Crippen molar-refractivity contribution >= 4 is 46.8 Å². The zero-order valence-electron chi connectivity index (χ0n) is 11.8. The standard InChI is InChI=1S/C15H17Cl3N2O2/c16-15(17,18)14(20-8-10-22-11-9-20)19-13(21)7-6-12-4-2-1-3-5-12/h1-7,14H,8-11H2,(H,19,21)/b7-6+/t14-/m1/s1. The van der Waals surface area contributed by atoms with Crippen LogP contribution in [0.15, 0.2) is 36.4 Å². The van der Waals surface area contributed by atoms with Crippen molar-refractivity contribution in [2.75, 3.05) is 26.3 Å². The van der Waals surface area contributed by atoms with Gasteiger partial charge in [-0.2, -0.15) is 0 Å². The van der Waals surface area contributed by atoms with E-state index in [4.69, 9.17) is 39.5 Å². The fraction of sp³-hybridized carbons (Fsp3) is 0.400. The van der Waals surface area contributed by atoms with Crippen LogP contribution in [0, 0.1) is 0 Å². The van der Waals surface area contributed by atoms with Gasteiger partial charge in [-0.05, 0) is 11.6 Å². The number of alkyl halides is 3. The molecule has 4 nitrogen and oxygen atoms in total. The van der Waals surface area contributed by atoms with Gasteiger partial charge in [0.15, 0.2) is 0 Å². The van der Waals surface area contributed by atoms with E-state index in [9.17, 15) is 4.79 Å². The second-order valence-electron chi connectivity index (χ2n) is 4.85. The minimum atomic E-state index is -1.62. The predicted molar refractivity (Wildman–Crippen MR) is 90.1 cm³/mol.